The van der Waals surface area contributed by atoms with E-state index < -0.39 is 0 Å². The Morgan fingerprint density at radius 3 is 2.42 bits per heavy atom. The Balaban J connectivity index is 1.55. The van der Waals surface area contributed by atoms with Crippen molar-refractivity contribution in [3.05, 3.63) is 54.1 Å². The number of hydrogen-bond donors (Lipinski definition) is 3. The summed E-state index contributed by atoms with van der Waals surface area (Å²) in [6.45, 7) is 2.63. The van der Waals surface area contributed by atoms with Crippen LogP contribution in [0.3, 0.4) is 0 Å². The second kappa shape index (κ2) is 9.72. The number of rotatable bonds is 7. The van der Waals surface area contributed by atoms with E-state index in [9.17, 15) is 5.11 Å². The van der Waals surface area contributed by atoms with Gasteiger partial charge in [0, 0.05) is 18.8 Å². The van der Waals surface area contributed by atoms with Gasteiger partial charge in [-0.2, -0.15) is 20.1 Å². The number of anilines is 4. The van der Waals surface area contributed by atoms with Crippen LogP contribution in [0.1, 0.15) is 5.56 Å². The molecule has 1 saturated heterocycles. The van der Waals surface area contributed by atoms with Crippen LogP contribution in [0.2, 0.25) is 0 Å². The van der Waals surface area contributed by atoms with Crippen molar-refractivity contribution in [2.75, 3.05) is 49.1 Å². The normalized spacial score (nSPS) is 13.9. The lowest BCUT2D eigenvalue weighted by Crippen LogP contribution is -2.37. The van der Waals surface area contributed by atoms with Gasteiger partial charge in [0.05, 0.1) is 26.5 Å². The van der Waals surface area contributed by atoms with Crippen LogP contribution in [0, 0.1) is 0 Å². The average Bonchev–Trinajstić information content (AvgIpc) is 2.81. The highest BCUT2D eigenvalue weighted by atomic mass is 16.5. The van der Waals surface area contributed by atoms with E-state index in [4.69, 9.17) is 9.47 Å². The zero-order chi connectivity index (χ0) is 21.5. The molecule has 10 nitrogen and oxygen atoms in total. The minimum absolute atomic E-state index is 0.201. The van der Waals surface area contributed by atoms with E-state index >= 15 is 0 Å². The minimum atomic E-state index is 0.201. The molecule has 0 aliphatic carbocycles. The molecule has 1 aromatic heterocycles. The summed E-state index contributed by atoms with van der Waals surface area (Å²) in [5, 5.41) is 16.8. The summed E-state index contributed by atoms with van der Waals surface area (Å²) >= 11 is 0. The van der Waals surface area contributed by atoms with Gasteiger partial charge in [0.2, 0.25) is 17.8 Å². The van der Waals surface area contributed by atoms with Crippen LogP contribution in [-0.2, 0) is 4.74 Å². The number of aromatic nitrogens is 3. The van der Waals surface area contributed by atoms with Gasteiger partial charge in [-0.25, -0.2) is 5.43 Å². The smallest absolute Gasteiger partial charge is 0.250 e. The van der Waals surface area contributed by atoms with Crippen molar-refractivity contribution >= 4 is 29.7 Å². The number of ether oxygens (including phenoxy) is 2. The zero-order valence-corrected chi connectivity index (χ0v) is 17.0. The summed E-state index contributed by atoms with van der Waals surface area (Å²) < 4.78 is 10.6. The summed E-state index contributed by atoms with van der Waals surface area (Å²) in [5.41, 5.74) is 4.50. The Morgan fingerprint density at radius 1 is 1.00 bits per heavy atom. The fourth-order valence-electron chi connectivity index (χ4n) is 2.90. The van der Waals surface area contributed by atoms with Crippen LogP contribution in [-0.4, -0.2) is 59.7 Å². The maximum atomic E-state index is 9.38. The molecule has 1 fully saturated rings. The number of hydrogen-bond acceptors (Lipinski definition) is 10. The molecule has 4 rings (SSSR count). The first-order chi connectivity index (χ1) is 15.2. The first-order valence-corrected chi connectivity index (χ1v) is 9.77. The average molecular weight is 421 g/mol. The minimum Gasteiger partial charge on any atom is -0.508 e. The van der Waals surface area contributed by atoms with Gasteiger partial charge in [-0.3, -0.25) is 0 Å². The molecular weight excluding hydrogens is 398 g/mol. The maximum Gasteiger partial charge on any atom is 0.250 e. The molecule has 0 atom stereocenters. The van der Waals surface area contributed by atoms with Crippen molar-refractivity contribution < 1.29 is 14.6 Å². The highest BCUT2D eigenvalue weighted by Gasteiger charge is 2.16. The first-order valence-electron chi connectivity index (χ1n) is 9.77. The predicted octanol–water partition coefficient (Wildman–Crippen LogP) is 2.61. The molecule has 0 saturated carbocycles. The van der Waals surface area contributed by atoms with Crippen LogP contribution in [0.15, 0.2) is 53.6 Å². The van der Waals surface area contributed by atoms with Gasteiger partial charge >= 0.3 is 0 Å². The number of phenolic OH excluding ortho intramolecular Hbond substituents is 1. The molecule has 2 heterocycles. The Labute approximate surface area is 179 Å². The number of methoxy groups -OCH3 is 1. The first kappa shape index (κ1) is 20.4. The van der Waals surface area contributed by atoms with E-state index in [0.29, 0.717) is 44.1 Å². The second-order valence-electron chi connectivity index (χ2n) is 6.70. The van der Waals surface area contributed by atoms with E-state index in [1.807, 2.05) is 29.2 Å². The number of hydrazone groups is 1. The summed E-state index contributed by atoms with van der Waals surface area (Å²) in [5.74, 6) is 2.20. The Kier molecular flexibility index (Phi) is 6.38. The van der Waals surface area contributed by atoms with E-state index in [0.717, 1.165) is 17.0 Å². The van der Waals surface area contributed by atoms with Crippen LogP contribution < -0.4 is 20.4 Å². The molecule has 1 aliphatic heterocycles. The lowest BCUT2D eigenvalue weighted by atomic mass is 10.2. The third-order valence-corrected chi connectivity index (χ3v) is 4.53. The quantitative estimate of drug-likeness (QED) is 0.391. The molecule has 10 heteroatoms. The summed E-state index contributed by atoms with van der Waals surface area (Å²) in [6.07, 6.45) is 1.62. The largest absolute Gasteiger partial charge is 0.508 e. The van der Waals surface area contributed by atoms with Gasteiger partial charge in [-0.15, -0.1) is 0 Å². The number of aromatic hydroxyl groups is 1. The highest BCUT2D eigenvalue weighted by molar-refractivity contribution is 5.80. The van der Waals surface area contributed by atoms with Gasteiger partial charge in [0.15, 0.2) is 0 Å². The second-order valence-corrected chi connectivity index (χ2v) is 6.70. The molecule has 160 valence electrons. The van der Waals surface area contributed by atoms with E-state index in [-0.39, 0.29) is 5.75 Å². The van der Waals surface area contributed by atoms with Crippen molar-refractivity contribution in [2.45, 2.75) is 0 Å². The molecule has 1 aliphatic rings. The molecule has 0 spiro atoms. The lowest BCUT2D eigenvalue weighted by molar-refractivity contribution is 0.122. The molecule has 31 heavy (non-hydrogen) atoms. The van der Waals surface area contributed by atoms with Crippen LogP contribution in [0.4, 0.5) is 23.5 Å². The van der Waals surface area contributed by atoms with Gasteiger partial charge in [-0.05, 0) is 54.1 Å². The fourth-order valence-corrected chi connectivity index (χ4v) is 2.90. The van der Waals surface area contributed by atoms with Crippen molar-refractivity contribution in [1.29, 1.82) is 0 Å². The summed E-state index contributed by atoms with van der Waals surface area (Å²) in [7, 11) is 1.62. The monoisotopic (exact) mass is 421 g/mol. The van der Waals surface area contributed by atoms with Gasteiger partial charge in [0.1, 0.15) is 11.5 Å². The molecule has 0 unspecified atom stereocenters. The van der Waals surface area contributed by atoms with Crippen molar-refractivity contribution in [2.24, 2.45) is 5.10 Å². The van der Waals surface area contributed by atoms with Crippen molar-refractivity contribution in [3.63, 3.8) is 0 Å². The number of phenols is 1. The summed E-state index contributed by atoms with van der Waals surface area (Å²) in [4.78, 5) is 15.5. The number of nitrogens with zero attached hydrogens (tertiary/aromatic N) is 5. The molecule has 0 amide bonds. The SMILES string of the molecule is COc1ccc(Nc2nc(N/N=C/c3ccc(O)cc3)nc(N3CCOCC3)n2)cc1. The summed E-state index contributed by atoms with van der Waals surface area (Å²) in [6, 6.07) is 14.2. The van der Waals surface area contributed by atoms with E-state index in [2.05, 4.69) is 30.8 Å². The molecule has 0 radical (unpaired) electrons. The van der Waals surface area contributed by atoms with Gasteiger partial charge in [-0.1, -0.05) is 0 Å². The van der Waals surface area contributed by atoms with Crippen LogP contribution in [0.5, 0.6) is 11.5 Å². The van der Waals surface area contributed by atoms with Crippen molar-refractivity contribution in [3.8, 4) is 11.5 Å². The third-order valence-electron chi connectivity index (χ3n) is 4.53. The Bertz CT molecular complexity index is 1020. The number of morpholine rings is 1. The molecular formula is C21H23N7O3. The topological polar surface area (TPSA) is 117 Å². The zero-order valence-electron chi connectivity index (χ0n) is 17.0. The molecule has 3 aromatic rings. The Morgan fingerprint density at radius 2 is 1.71 bits per heavy atom. The molecule has 0 bridgehead atoms. The van der Waals surface area contributed by atoms with Gasteiger partial charge < -0.3 is 24.8 Å². The molecule has 2 aromatic carbocycles. The van der Waals surface area contributed by atoms with E-state index in [1.165, 1.54) is 0 Å². The fraction of sp³-hybridized carbons (Fsp3) is 0.238. The third kappa shape index (κ3) is 5.58. The van der Waals surface area contributed by atoms with Crippen LogP contribution >= 0.6 is 0 Å². The predicted molar refractivity (Wildman–Crippen MR) is 118 cm³/mol. The number of nitrogens with one attached hydrogen (secondary N) is 2. The maximum absolute atomic E-state index is 9.38. The van der Waals surface area contributed by atoms with Gasteiger partial charge in [0.25, 0.3) is 0 Å². The Hall–Kier alpha value is -3.92. The number of benzene rings is 2. The highest BCUT2D eigenvalue weighted by Crippen LogP contribution is 2.21. The van der Waals surface area contributed by atoms with Crippen molar-refractivity contribution in [1.82, 2.24) is 15.0 Å². The lowest BCUT2D eigenvalue weighted by Gasteiger charge is -2.27. The van der Waals surface area contributed by atoms with Crippen LogP contribution in [0.25, 0.3) is 0 Å². The molecule has 3 N–H and O–H groups in total. The van der Waals surface area contributed by atoms with E-state index in [1.54, 1.807) is 37.6 Å². The standard InChI is InChI=1S/C21H23N7O3/c1-30-18-8-4-16(5-9-18)23-19-24-20(26-21(25-19)28-10-12-31-13-11-28)27-22-14-15-2-6-17(29)7-3-15/h2-9,14,29H,10-13H2,1H3,(H2,23,24,25,26,27)/b22-14+.